The maximum absolute atomic E-state index is 5.08. The summed E-state index contributed by atoms with van der Waals surface area (Å²) in [5.74, 6) is 2.25. The van der Waals surface area contributed by atoms with Gasteiger partial charge >= 0.3 is 0 Å². The first-order chi connectivity index (χ1) is 11.1. The number of pyridine rings is 1. The molecule has 0 aromatic carbocycles. The molecule has 0 spiro atoms. The standard InChI is InChI=1S/C22H38N2/c1-12(2)19-11-14(5)24(10)18(9)16(7)20-15(6)17(8)23-22(13(3)4)21(19)20/h12-14,16,18-19H,11H2,1-10H3/t14-,16-,18+,19?/m1/s1. The van der Waals surface area contributed by atoms with Gasteiger partial charge < -0.3 is 4.90 Å². The minimum Gasteiger partial charge on any atom is -0.300 e. The topological polar surface area (TPSA) is 16.1 Å². The lowest BCUT2D eigenvalue weighted by Crippen LogP contribution is -2.43. The Balaban J connectivity index is 2.83. The fourth-order valence-corrected chi connectivity index (χ4v) is 4.53. The van der Waals surface area contributed by atoms with Crippen molar-refractivity contribution < 1.29 is 0 Å². The van der Waals surface area contributed by atoms with Crippen LogP contribution in [-0.4, -0.2) is 29.0 Å². The highest BCUT2D eigenvalue weighted by atomic mass is 15.2. The zero-order chi connectivity index (χ0) is 18.3. The lowest BCUT2D eigenvalue weighted by molar-refractivity contribution is 0.148. The van der Waals surface area contributed by atoms with Crippen molar-refractivity contribution in [3.05, 3.63) is 28.1 Å². The van der Waals surface area contributed by atoms with Crippen LogP contribution in [0.1, 0.15) is 101 Å². The number of hydrogen-bond acceptors (Lipinski definition) is 2. The van der Waals surface area contributed by atoms with Crippen molar-refractivity contribution in [3.8, 4) is 0 Å². The molecule has 1 aromatic heterocycles. The van der Waals surface area contributed by atoms with Gasteiger partial charge in [0.1, 0.15) is 0 Å². The Kier molecular flexibility index (Phi) is 5.79. The molecule has 2 heteroatoms. The molecule has 1 aromatic rings. The largest absolute Gasteiger partial charge is 0.300 e. The quantitative estimate of drug-likeness (QED) is 0.683. The van der Waals surface area contributed by atoms with Crippen molar-refractivity contribution in [1.29, 1.82) is 0 Å². The number of aryl methyl sites for hydroxylation is 1. The zero-order valence-electron chi connectivity index (χ0n) is 17.6. The molecule has 0 amide bonds. The number of nitrogens with zero attached hydrogens (tertiary/aromatic N) is 2. The second-order valence-corrected chi connectivity index (χ2v) is 8.82. The number of rotatable bonds is 2. The van der Waals surface area contributed by atoms with E-state index in [4.69, 9.17) is 4.98 Å². The van der Waals surface area contributed by atoms with E-state index in [-0.39, 0.29) is 0 Å². The predicted molar refractivity (Wildman–Crippen MR) is 105 cm³/mol. The molecule has 0 saturated carbocycles. The summed E-state index contributed by atoms with van der Waals surface area (Å²) < 4.78 is 0. The molecule has 2 heterocycles. The van der Waals surface area contributed by atoms with Gasteiger partial charge in [0, 0.05) is 23.5 Å². The van der Waals surface area contributed by atoms with Crippen LogP contribution in [0.15, 0.2) is 0 Å². The van der Waals surface area contributed by atoms with Gasteiger partial charge in [-0.25, -0.2) is 0 Å². The summed E-state index contributed by atoms with van der Waals surface area (Å²) in [5.41, 5.74) is 7.17. The van der Waals surface area contributed by atoms with Crippen LogP contribution >= 0.6 is 0 Å². The van der Waals surface area contributed by atoms with Gasteiger partial charge in [0.15, 0.2) is 0 Å². The summed E-state index contributed by atoms with van der Waals surface area (Å²) in [4.78, 5) is 7.67. The molecular weight excluding hydrogens is 292 g/mol. The van der Waals surface area contributed by atoms with Crippen molar-refractivity contribution >= 4 is 0 Å². The normalized spacial score (nSPS) is 28.8. The van der Waals surface area contributed by atoms with Gasteiger partial charge in [-0.05, 0) is 81.5 Å². The van der Waals surface area contributed by atoms with Gasteiger partial charge in [0.2, 0.25) is 0 Å². The van der Waals surface area contributed by atoms with Gasteiger partial charge in [0.25, 0.3) is 0 Å². The number of aromatic nitrogens is 1. The Hall–Kier alpha value is -0.890. The van der Waals surface area contributed by atoms with E-state index >= 15 is 0 Å². The van der Waals surface area contributed by atoms with Gasteiger partial charge in [-0.2, -0.15) is 0 Å². The maximum atomic E-state index is 5.08. The SMILES string of the molecule is Cc1nc(C(C)C)c2c(c1C)[C@H](C)[C@H](C)N(C)[C@H](C)CC2C(C)C. The molecule has 0 saturated heterocycles. The van der Waals surface area contributed by atoms with E-state index in [9.17, 15) is 0 Å². The van der Waals surface area contributed by atoms with Gasteiger partial charge in [-0.15, -0.1) is 0 Å². The molecule has 0 N–H and O–H groups in total. The van der Waals surface area contributed by atoms with Crippen LogP contribution < -0.4 is 0 Å². The Morgan fingerprint density at radius 2 is 1.58 bits per heavy atom. The van der Waals surface area contributed by atoms with E-state index in [1.165, 1.54) is 23.4 Å². The summed E-state index contributed by atoms with van der Waals surface area (Å²) in [6.45, 7) is 21.1. The molecule has 2 nitrogen and oxygen atoms in total. The minimum atomic E-state index is 0.481. The van der Waals surface area contributed by atoms with E-state index in [1.54, 1.807) is 11.1 Å². The highest BCUT2D eigenvalue weighted by Gasteiger charge is 2.36. The fourth-order valence-electron chi connectivity index (χ4n) is 4.53. The van der Waals surface area contributed by atoms with Crippen LogP contribution in [0.4, 0.5) is 0 Å². The molecule has 1 aliphatic rings. The van der Waals surface area contributed by atoms with Crippen LogP contribution in [0.3, 0.4) is 0 Å². The monoisotopic (exact) mass is 330 g/mol. The average Bonchev–Trinajstić information content (AvgIpc) is 2.51. The first-order valence-electron chi connectivity index (χ1n) is 9.80. The number of hydrogen-bond donors (Lipinski definition) is 0. The second kappa shape index (κ2) is 7.15. The minimum absolute atomic E-state index is 0.481. The predicted octanol–water partition coefficient (Wildman–Crippen LogP) is 5.78. The van der Waals surface area contributed by atoms with Gasteiger partial charge in [0.05, 0.1) is 0 Å². The first kappa shape index (κ1) is 19.4. The second-order valence-electron chi connectivity index (χ2n) is 8.82. The van der Waals surface area contributed by atoms with Crippen molar-refractivity contribution in [2.75, 3.05) is 7.05 Å². The lowest BCUT2D eigenvalue weighted by Gasteiger charge is -2.43. The van der Waals surface area contributed by atoms with Gasteiger partial charge in [-0.1, -0.05) is 34.6 Å². The van der Waals surface area contributed by atoms with E-state index in [2.05, 4.69) is 74.3 Å². The van der Waals surface area contributed by atoms with Crippen molar-refractivity contribution in [2.45, 2.75) is 98.6 Å². The highest BCUT2D eigenvalue weighted by molar-refractivity contribution is 5.46. The van der Waals surface area contributed by atoms with Gasteiger partial charge in [-0.3, -0.25) is 4.98 Å². The molecule has 0 bridgehead atoms. The molecule has 0 radical (unpaired) electrons. The van der Waals surface area contributed by atoms with Crippen molar-refractivity contribution in [3.63, 3.8) is 0 Å². The summed E-state index contributed by atoms with van der Waals surface area (Å²) in [6.07, 6.45) is 1.22. The molecule has 0 fully saturated rings. The zero-order valence-corrected chi connectivity index (χ0v) is 17.6. The van der Waals surface area contributed by atoms with Crippen LogP contribution in [0.25, 0.3) is 0 Å². The van der Waals surface area contributed by atoms with E-state index in [1.807, 2.05) is 0 Å². The molecule has 4 atom stereocenters. The van der Waals surface area contributed by atoms with Crippen molar-refractivity contribution in [2.24, 2.45) is 5.92 Å². The molecular formula is C22H38N2. The lowest BCUT2D eigenvalue weighted by atomic mass is 9.72. The van der Waals surface area contributed by atoms with E-state index in [0.29, 0.717) is 35.8 Å². The summed E-state index contributed by atoms with van der Waals surface area (Å²) in [7, 11) is 2.31. The Morgan fingerprint density at radius 3 is 2.08 bits per heavy atom. The van der Waals surface area contributed by atoms with Crippen molar-refractivity contribution in [1.82, 2.24) is 9.88 Å². The van der Waals surface area contributed by atoms with E-state index < -0.39 is 0 Å². The fraction of sp³-hybridized carbons (Fsp3) is 0.773. The number of likely N-dealkylation sites (N-methyl/N-ethyl adjacent to an activating group) is 1. The summed E-state index contributed by atoms with van der Waals surface area (Å²) >= 11 is 0. The summed E-state index contributed by atoms with van der Waals surface area (Å²) in [5, 5.41) is 0. The first-order valence-corrected chi connectivity index (χ1v) is 9.80. The molecule has 0 aliphatic carbocycles. The molecule has 2 rings (SSSR count). The summed E-state index contributed by atoms with van der Waals surface area (Å²) in [6, 6.07) is 1.15. The Bertz CT molecular complexity index is 588. The average molecular weight is 331 g/mol. The van der Waals surface area contributed by atoms with Crippen LogP contribution in [0, 0.1) is 19.8 Å². The Morgan fingerprint density at radius 1 is 1.00 bits per heavy atom. The molecule has 1 unspecified atom stereocenters. The maximum Gasteiger partial charge on any atom is 0.0470 e. The molecule has 136 valence electrons. The number of fused-ring (bicyclic) bond motifs is 1. The van der Waals surface area contributed by atoms with Crippen LogP contribution in [0.2, 0.25) is 0 Å². The molecule has 1 aliphatic heterocycles. The van der Waals surface area contributed by atoms with Crippen LogP contribution in [-0.2, 0) is 0 Å². The highest BCUT2D eigenvalue weighted by Crippen LogP contribution is 2.44. The third-order valence-electron chi connectivity index (χ3n) is 6.64. The Labute approximate surface area is 150 Å². The van der Waals surface area contributed by atoms with Crippen LogP contribution in [0.5, 0.6) is 0 Å². The third-order valence-corrected chi connectivity index (χ3v) is 6.64. The smallest absolute Gasteiger partial charge is 0.0470 e. The van der Waals surface area contributed by atoms with E-state index in [0.717, 1.165) is 0 Å². The molecule has 24 heavy (non-hydrogen) atoms. The third kappa shape index (κ3) is 3.27.